The lowest BCUT2D eigenvalue weighted by Crippen LogP contribution is -2.30. The molecule has 3 aromatic rings. The molecule has 5 heterocycles. The maximum absolute atomic E-state index is 4.56. The lowest BCUT2D eigenvalue weighted by atomic mass is 10.0. The molecule has 5 rings (SSSR count). The van der Waals surface area contributed by atoms with E-state index in [1.165, 1.54) is 0 Å². The highest BCUT2D eigenvalue weighted by atomic mass is 15.3. The van der Waals surface area contributed by atoms with Gasteiger partial charge >= 0.3 is 0 Å². The van der Waals surface area contributed by atoms with Crippen molar-refractivity contribution in [2.24, 2.45) is 11.8 Å². The molecule has 8 heteroatoms. The molecule has 0 radical (unpaired) electrons. The van der Waals surface area contributed by atoms with Gasteiger partial charge in [0.1, 0.15) is 6.33 Å². The predicted molar refractivity (Wildman–Crippen MR) is 99.2 cm³/mol. The van der Waals surface area contributed by atoms with Gasteiger partial charge in [0.15, 0.2) is 17.0 Å². The summed E-state index contributed by atoms with van der Waals surface area (Å²) in [5.41, 5.74) is 2.93. The topological polar surface area (TPSA) is 75.9 Å². The molecule has 0 saturated carbocycles. The molecule has 0 aromatic carbocycles. The van der Waals surface area contributed by atoms with Crippen LogP contribution in [0, 0.1) is 18.8 Å². The minimum absolute atomic E-state index is 0.609. The lowest BCUT2D eigenvalue weighted by Gasteiger charge is -2.22. The quantitative estimate of drug-likeness (QED) is 0.709. The number of aromatic nitrogens is 6. The van der Waals surface area contributed by atoms with Gasteiger partial charge < -0.3 is 14.4 Å². The molecule has 0 N–H and O–H groups in total. The summed E-state index contributed by atoms with van der Waals surface area (Å²) < 4.78 is 2.06. The summed E-state index contributed by atoms with van der Waals surface area (Å²) in [6.07, 6.45) is 7.30. The highest BCUT2D eigenvalue weighted by Crippen LogP contribution is 2.36. The fourth-order valence-electron chi connectivity index (χ4n) is 4.21. The van der Waals surface area contributed by atoms with E-state index in [4.69, 9.17) is 0 Å². The van der Waals surface area contributed by atoms with Crippen LogP contribution < -0.4 is 9.80 Å². The Morgan fingerprint density at radius 3 is 2.31 bits per heavy atom. The fraction of sp³-hybridized carbons (Fsp3) is 0.500. The van der Waals surface area contributed by atoms with Crippen molar-refractivity contribution < 1.29 is 0 Å². The molecule has 26 heavy (non-hydrogen) atoms. The van der Waals surface area contributed by atoms with Gasteiger partial charge in [0.25, 0.3) is 0 Å². The van der Waals surface area contributed by atoms with Crippen LogP contribution in [0.15, 0.2) is 25.0 Å². The van der Waals surface area contributed by atoms with Crippen LogP contribution in [0.5, 0.6) is 0 Å². The van der Waals surface area contributed by atoms with Crippen LogP contribution in [0.3, 0.4) is 0 Å². The molecule has 3 aromatic heterocycles. The Morgan fingerprint density at radius 2 is 1.62 bits per heavy atom. The number of nitrogens with zero attached hydrogens (tertiary/aromatic N) is 8. The van der Waals surface area contributed by atoms with E-state index >= 15 is 0 Å². The molecule has 2 fully saturated rings. The highest BCUT2D eigenvalue weighted by molar-refractivity contribution is 5.83. The Kier molecular flexibility index (Phi) is 3.51. The molecule has 2 aliphatic rings. The van der Waals surface area contributed by atoms with Crippen molar-refractivity contribution in [2.75, 3.05) is 36.0 Å². The summed E-state index contributed by atoms with van der Waals surface area (Å²) in [5, 5.41) is 0. The van der Waals surface area contributed by atoms with Gasteiger partial charge in [0.05, 0.1) is 6.33 Å². The van der Waals surface area contributed by atoms with Gasteiger partial charge in [0.2, 0.25) is 5.95 Å². The van der Waals surface area contributed by atoms with Crippen LogP contribution in [0.1, 0.15) is 12.5 Å². The van der Waals surface area contributed by atoms with Crippen molar-refractivity contribution in [1.82, 2.24) is 29.5 Å². The number of hydrogen-bond donors (Lipinski definition) is 0. The standard InChI is InChI=1S/C18H22N8/c1-3-24-11-23-15-16(24)21-10-22-17(15)25-6-13-8-26(9-14(13)7-25)18-19-4-12(2)5-20-18/h4-5,10-11,13-14H,3,6-9H2,1-2H3. The largest absolute Gasteiger partial charge is 0.354 e. The molecule has 0 spiro atoms. The second-order valence-electron chi connectivity index (χ2n) is 7.29. The van der Waals surface area contributed by atoms with E-state index in [2.05, 4.69) is 46.2 Å². The molecule has 134 valence electrons. The van der Waals surface area contributed by atoms with E-state index in [1.54, 1.807) is 6.33 Å². The van der Waals surface area contributed by atoms with E-state index in [9.17, 15) is 0 Å². The molecule has 2 aliphatic heterocycles. The average molecular weight is 350 g/mol. The van der Waals surface area contributed by atoms with Crippen LogP contribution in [0.25, 0.3) is 11.2 Å². The summed E-state index contributed by atoms with van der Waals surface area (Å²) >= 11 is 0. The first-order valence-electron chi connectivity index (χ1n) is 9.17. The van der Waals surface area contributed by atoms with Gasteiger partial charge in [-0.1, -0.05) is 0 Å². The molecule has 2 atom stereocenters. The van der Waals surface area contributed by atoms with Crippen molar-refractivity contribution in [3.63, 3.8) is 0 Å². The molecule has 0 aliphatic carbocycles. The molecule has 0 bridgehead atoms. The number of aryl methyl sites for hydroxylation is 2. The Balaban J connectivity index is 1.36. The maximum Gasteiger partial charge on any atom is 0.225 e. The third-order valence-electron chi connectivity index (χ3n) is 5.56. The van der Waals surface area contributed by atoms with E-state index < -0.39 is 0 Å². The van der Waals surface area contributed by atoms with E-state index in [0.29, 0.717) is 11.8 Å². The van der Waals surface area contributed by atoms with E-state index in [0.717, 1.165) is 61.2 Å². The summed E-state index contributed by atoms with van der Waals surface area (Å²) in [5.74, 6) is 3.04. The molecule has 8 nitrogen and oxygen atoms in total. The normalized spacial score (nSPS) is 22.4. The first kappa shape index (κ1) is 15.5. The lowest BCUT2D eigenvalue weighted by molar-refractivity contribution is 0.533. The smallest absolute Gasteiger partial charge is 0.225 e. The van der Waals surface area contributed by atoms with Crippen molar-refractivity contribution >= 4 is 22.9 Å². The zero-order valence-electron chi connectivity index (χ0n) is 15.1. The van der Waals surface area contributed by atoms with Crippen LogP contribution in [0.2, 0.25) is 0 Å². The zero-order valence-corrected chi connectivity index (χ0v) is 15.1. The van der Waals surface area contributed by atoms with Gasteiger partial charge in [-0.3, -0.25) is 0 Å². The van der Waals surface area contributed by atoms with Gasteiger partial charge in [-0.15, -0.1) is 0 Å². The van der Waals surface area contributed by atoms with Crippen molar-refractivity contribution in [1.29, 1.82) is 0 Å². The average Bonchev–Trinajstić information content (AvgIpc) is 3.34. The molecule has 2 unspecified atom stereocenters. The minimum atomic E-state index is 0.609. The van der Waals surface area contributed by atoms with Crippen LogP contribution in [-0.2, 0) is 6.54 Å². The predicted octanol–water partition coefficient (Wildman–Crippen LogP) is 1.52. The van der Waals surface area contributed by atoms with Crippen LogP contribution in [-0.4, -0.2) is 55.7 Å². The summed E-state index contributed by atoms with van der Waals surface area (Å²) in [4.78, 5) is 27.2. The number of hydrogen-bond acceptors (Lipinski definition) is 7. The minimum Gasteiger partial charge on any atom is -0.354 e. The first-order chi connectivity index (χ1) is 12.7. The number of rotatable bonds is 3. The molecular formula is C18H22N8. The Labute approximate surface area is 151 Å². The Bertz CT molecular complexity index is 920. The second-order valence-corrected chi connectivity index (χ2v) is 7.29. The Morgan fingerprint density at radius 1 is 0.923 bits per heavy atom. The number of fused-ring (bicyclic) bond motifs is 2. The van der Waals surface area contributed by atoms with Crippen LogP contribution in [0.4, 0.5) is 11.8 Å². The van der Waals surface area contributed by atoms with E-state index in [-0.39, 0.29) is 0 Å². The third kappa shape index (κ3) is 2.40. The van der Waals surface area contributed by atoms with Gasteiger partial charge in [0, 0.05) is 57.0 Å². The van der Waals surface area contributed by atoms with Crippen LogP contribution >= 0.6 is 0 Å². The molecule has 2 saturated heterocycles. The Hall–Kier alpha value is -2.77. The number of imidazole rings is 1. The number of anilines is 2. The third-order valence-corrected chi connectivity index (χ3v) is 5.56. The molecule has 0 amide bonds. The summed E-state index contributed by atoms with van der Waals surface area (Å²) in [6.45, 7) is 8.98. The monoisotopic (exact) mass is 350 g/mol. The van der Waals surface area contributed by atoms with E-state index in [1.807, 2.05) is 25.6 Å². The van der Waals surface area contributed by atoms with Crippen molar-refractivity contribution in [2.45, 2.75) is 20.4 Å². The maximum atomic E-state index is 4.56. The van der Waals surface area contributed by atoms with Gasteiger partial charge in [-0.25, -0.2) is 24.9 Å². The van der Waals surface area contributed by atoms with Gasteiger partial charge in [-0.2, -0.15) is 0 Å². The second kappa shape index (κ2) is 5.89. The van der Waals surface area contributed by atoms with Gasteiger partial charge in [-0.05, 0) is 19.4 Å². The summed E-state index contributed by atoms with van der Waals surface area (Å²) in [7, 11) is 0. The van der Waals surface area contributed by atoms with Crippen molar-refractivity contribution in [3.05, 3.63) is 30.6 Å². The summed E-state index contributed by atoms with van der Waals surface area (Å²) in [6, 6.07) is 0. The van der Waals surface area contributed by atoms with Crippen molar-refractivity contribution in [3.8, 4) is 0 Å². The highest BCUT2D eigenvalue weighted by Gasteiger charge is 2.41. The zero-order chi connectivity index (χ0) is 17.7. The SMILES string of the molecule is CCn1cnc2c(N3CC4CN(c5ncc(C)cn5)CC4C3)ncnc21. The fourth-order valence-corrected chi connectivity index (χ4v) is 4.21. The molecular weight excluding hydrogens is 328 g/mol. The first-order valence-corrected chi connectivity index (χ1v) is 9.17.